The molecule has 0 aliphatic carbocycles. The molecule has 0 unspecified atom stereocenters. The number of halogens is 2. The molecule has 0 saturated heterocycles. The molecule has 43 heavy (non-hydrogen) atoms. The van der Waals surface area contributed by atoms with Gasteiger partial charge >= 0.3 is 5.97 Å². The van der Waals surface area contributed by atoms with Gasteiger partial charge in [-0.15, -0.1) is 0 Å². The van der Waals surface area contributed by atoms with Gasteiger partial charge in [0.05, 0.1) is 38.1 Å². The number of benzene rings is 4. The van der Waals surface area contributed by atoms with Crippen molar-refractivity contribution in [3.05, 3.63) is 106 Å². The molecule has 4 aromatic carbocycles. The van der Waals surface area contributed by atoms with Gasteiger partial charge in [-0.2, -0.15) is 5.10 Å². The maximum Gasteiger partial charge on any atom is 0.343 e. The minimum atomic E-state index is -0.662. The smallest absolute Gasteiger partial charge is 0.343 e. The lowest BCUT2D eigenvalue weighted by Crippen LogP contribution is -2.19. The minimum Gasteiger partial charge on any atom is -0.493 e. The van der Waals surface area contributed by atoms with Crippen LogP contribution in [0.3, 0.4) is 0 Å². The number of fused-ring (bicyclic) bond motifs is 1. The SMILES string of the molecule is COc1cc(C(=O)Oc2ccccc2C=NNC(=O)c2[nH]c3cc(Cl)cc(Cl)c3c2-c2ccccc2)cc(OC)c1OC. The molecule has 0 spiro atoms. The first kappa shape index (κ1) is 29.5. The number of methoxy groups -OCH3 is 3. The number of carbonyl (C=O) groups is 2. The molecule has 1 aromatic heterocycles. The first-order valence-electron chi connectivity index (χ1n) is 12.8. The van der Waals surface area contributed by atoms with Crippen molar-refractivity contribution in [3.63, 3.8) is 0 Å². The molecule has 5 rings (SSSR count). The topological polar surface area (TPSA) is 111 Å². The van der Waals surface area contributed by atoms with Gasteiger partial charge < -0.3 is 23.9 Å². The van der Waals surface area contributed by atoms with Crippen LogP contribution in [0.25, 0.3) is 22.0 Å². The molecule has 2 N–H and O–H groups in total. The fourth-order valence-corrected chi connectivity index (χ4v) is 5.15. The summed E-state index contributed by atoms with van der Waals surface area (Å²) in [6.45, 7) is 0. The van der Waals surface area contributed by atoms with E-state index in [-0.39, 0.29) is 17.0 Å². The van der Waals surface area contributed by atoms with E-state index >= 15 is 0 Å². The highest BCUT2D eigenvalue weighted by Crippen LogP contribution is 2.39. The van der Waals surface area contributed by atoms with Crippen LogP contribution in [-0.4, -0.2) is 44.4 Å². The highest BCUT2D eigenvalue weighted by molar-refractivity contribution is 6.40. The Hall–Kier alpha value is -4.99. The third-order valence-corrected chi connectivity index (χ3v) is 7.01. The molecule has 0 radical (unpaired) electrons. The van der Waals surface area contributed by atoms with Gasteiger partial charge in [0.1, 0.15) is 11.4 Å². The van der Waals surface area contributed by atoms with Crippen LogP contribution in [0, 0.1) is 0 Å². The van der Waals surface area contributed by atoms with Crippen LogP contribution in [-0.2, 0) is 0 Å². The molecule has 0 atom stereocenters. The van der Waals surface area contributed by atoms with Crippen LogP contribution in [0.15, 0.2) is 84.0 Å². The van der Waals surface area contributed by atoms with Gasteiger partial charge in [-0.05, 0) is 42.0 Å². The number of carbonyl (C=O) groups excluding carboxylic acids is 2. The predicted molar refractivity (Wildman–Crippen MR) is 166 cm³/mol. The van der Waals surface area contributed by atoms with E-state index in [0.29, 0.717) is 49.3 Å². The number of H-pyrrole nitrogens is 1. The second-order valence-electron chi connectivity index (χ2n) is 9.09. The minimum absolute atomic E-state index is 0.181. The zero-order valence-corrected chi connectivity index (χ0v) is 24.7. The Morgan fingerprint density at radius 1 is 0.837 bits per heavy atom. The average Bonchev–Trinajstić information content (AvgIpc) is 3.41. The fourth-order valence-electron chi connectivity index (χ4n) is 4.57. The number of aromatic amines is 1. The Labute approximate surface area is 256 Å². The number of rotatable bonds is 9. The van der Waals surface area contributed by atoms with Crippen LogP contribution in [0.4, 0.5) is 0 Å². The Kier molecular flexibility index (Phi) is 8.85. The third-order valence-electron chi connectivity index (χ3n) is 6.50. The molecule has 1 heterocycles. The molecule has 0 fully saturated rings. The van der Waals surface area contributed by atoms with Gasteiger partial charge in [-0.25, -0.2) is 10.2 Å². The fraction of sp³-hybridized carbons (Fsp3) is 0.0938. The second-order valence-corrected chi connectivity index (χ2v) is 9.94. The Bertz CT molecular complexity index is 1830. The Morgan fingerprint density at radius 2 is 1.51 bits per heavy atom. The van der Waals surface area contributed by atoms with Crippen molar-refractivity contribution < 1.29 is 28.5 Å². The molecular formula is C32H25Cl2N3O6. The summed E-state index contributed by atoms with van der Waals surface area (Å²) in [5.41, 5.74) is 5.43. The number of esters is 1. The number of nitrogens with one attached hydrogen (secondary N) is 2. The van der Waals surface area contributed by atoms with E-state index in [1.165, 1.54) is 39.7 Å². The van der Waals surface area contributed by atoms with Crippen molar-refractivity contribution in [3.8, 4) is 34.1 Å². The number of hydrogen-bond acceptors (Lipinski definition) is 7. The van der Waals surface area contributed by atoms with Crippen LogP contribution in [0.1, 0.15) is 26.4 Å². The monoisotopic (exact) mass is 617 g/mol. The molecule has 218 valence electrons. The van der Waals surface area contributed by atoms with Crippen molar-refractivity contribution in [1.29, 1.82) is 0 Å². The molecule has 0 saturated carbocycles. The number of hydrazone groups is 1. The van der Waals surface area contributed by atoms with Crippen LogP contribution < -0.4 is 24.4 Å². The summed E-state index contributed by atoms with van der Waals surface area (Å²) in [5.74, 6) is 0.0102. The van der Waals surface area contributed by atoms with E-state index < -0.39 is 11.9 Å². The highest BCUT2D eigenvalue weighted by Gasteiger charge is 2.22. The first-order valence-corrected chi connectivity index (χ1v) is 13.6. The summed E-state index contributed by atoms with van der Waals surface area (Å²) in [5, 5.41) is 5.63. The van der Waals surface area contributed by atoms with Crippen molar-refractivity contribution in [2.75, 3.05) is 21.3 Å². The molecule has 0 aliphatic heterocycles. The average molecular weight is 618 g/mol. The predicted octanol–water partition coefficient (Wildman–Crippen LogP) is 7.15. The maximum absolute atomic E-state index is 13.4. The summed E-state index contributed by atoms with van der Waals surface area (Å²) < 4.78 is 21.6. The maximum atomic E-state index is 13.4. The van der Waals surface area contributed by atoms with Gasteiger partial charge in [0, 0.05) is 27.1 Å². The lowest BCUT2D eigenvalue weighted by molar-refractivity contribution is 0.0733. The van der Waals surface area contributed by atoms with E-state index in [1.807, 2.05) is 30.3 Å². The third kappa shape index (κ3) is 6.13. The van der Waals surface area contributed by atoms with Gasteiger partial charge in [-0.1, -0.05) is 65.7 Å². The van der Waals surface area contributed by atoms with Gasteiger partial charge in [0.2, 0.25) is 5.75 Å². The van der Waals surface area contributed by atoms with Crippen LogP contribution >= 0.6 is 23.2 Å². The number of ether oxygens (including phenoxy) is 4. The van der Waals surface area contributed by atoms with Crippen molar-refractivity contribution in [2.45, 2.75) is 0 Å². The van der Waals surface area contributed by atoms with Crippen molar-refractivity contribution in [2.24, 2.45) is 5.10 Å². The molecule has 5 aromatic rings. The quantitative estimate of drug-likeness (QED) is 0.0786. The highest BCUT2D eigenvalue weighted by atomic mass is 35.5. The van der Waals surface area contributed by atoms with E-state index in [4.69, 9.17) is 42.1 Å². The van der Waals surface area contributed by atoms with Crippen LogP contribution in [0.5, 0.6) is 23.0 Å². The number of amides is 1. The number of nitrogens with zero attached hydrogens (tertiary/aromatic N) is 1. The molecule has 0 aliphatic rings. The Morgan fingerprint density at radius 3 is 2.19 bits per heavy atom. The number of hydrogen-bond donors (Lipinski definition) is 2. The summed E-state index contributed by atoms with van der Waals surface area (Å²) >= 11 is 12.8. The summed E-state index contributed by atoms with van der Waals surface area (Å²) in [6.07, 6.45) is 1.38. The zero-order valence-electron chi connectivity index (χ0n) is 23.2. The van der Waals surface area contributed by atoms with Gasteiger partial charge in [0.25, 0.3) is 5.91 Å². The first-order chi connectivity index (χ1) is 20.8. The number of para-hydroxylation sites is 1. The second kappa shape index (κ2) is 12.9. The van der Waals surface area contributed by atoms with E-state index in [0.717, 1.165) is 5.56 Å². The van der Waals surface area contributed by atoms with E-state index in [2.05, 4.69) is 15.5 Å². The molecule has 1 amide bonds. The van der Waals surface area contributed by atoms with Gasteiger partial charge in [0.15, 0.2) is 11.5 Å². The standard InChI is InChI=1S/C32H25Cl2N3O6/c1-40-25-13-20(14-26(41-2)30(25)42-3)32(39)43-24-12-8-7-11-19(24)17-35-37-31(38)29-27(18-9-5-4-6-10-18)28-22(34)15-21(33)16-23(28)36-29/h4-17,36H,1-3H3,(H,37,38). The Balaban J connectivity index is 1.40. The molecule has 9 nitrogen and oxygen atoms in total. The molecular weight excluding hydrogens is 593 g/mol. The number of aromatic nitrogens is 1. The lowest BCUT2D eigenvalue weighted by atomic mass is 10.0. The van der Waals surface area contributed by atoms with E-state index in [9.17, 15) is 9.59 Å². The normalized spacial score (nSPS) is 11.0. The molecule has 0 bridgehead atoms. The van der Waals surface area contributed by atoms with Crippen LogP contribution in [0.2, 0.25) is 10.0 Å². The van der Waals surface area contributed by atoms with Gasteiger partial charge in [-0.3, -0.25) is 4.79 Å². The molecule has 11 heteroatoms. The summed E-state index contributed by atoms with van der Waals surface area (Å²) in [4.78, 5) is 29.6. The zero-order chi connectivity index (χ0) is 30.5. The largest absolute Gasteiger partial charge is 0.493 e. The van der Waals surface area contributed by atoms with Crippen molar-refractivity contribution in [1.82, 2.24) is 10.4 Å². The van der Waals surface area contributed by atoms with Crippen molar-refractivity contribution >= 4 is 52.2 Å². The summed E-state index contributed by atoms with van der Waals surface area (Å²) in [6, 6.07) is 22.4. The summed E-state index contributed by atoms with van der Waals surface area (Å²) in [7, 11) is 4.38. The van der Waals surface area contributed by atoms with E-state index in [1.54, 1.807) is 36.4 Å². The lowest BCUT2D eigenvalue weighted by Gasteiger charge is -2.14.